The van der Waals surface area contributed by atoms with Crippen LogP contribution in [0.3, 0.4) is 0 Å². The number of aliphatic hydroxyl groups excluding tert-OH is 1. The molecule has 0 aliphatic rings. The molecule has 1 aromatic carbocycles. The molecule has 0 unspecified atom stereocenters. The van der Waals surface area contributed by atoms with Gasteiger partial charge in [0.2, 0.25) is 10.0 Å². The summed E-state index contributed by atoms with van der Waals surface area (Å²) in [7, 11) is -3.60. The molecule has 0 aliphatic carbocycles. The predicted octanol–water partition coefficient (Wildman–Crippen LogP) is 2.25. The summed E-state index contributed by atoms with van der Waals surface area (Å²) in [5, 5.41) is 9.45. The van der Waals surface area contributed by atoms with Crippen molar-refractivity contribution in [3.63, 3.8) is 0 Å². The van der Waals surface area contributed by atoms with E-state index in [9.17, 15) is 13.5 Å². The molecule has 0 spiro atoms. The third kappa shape index (κ3) is 4.14. The predicted molar refractivity (Wildman–Crippen MR) is 85.1 cm³/mol. The largest absolute Gasteiger partial charge is 0.395 e. The Balaban J connectivity index is 2.16. The van der Waals surface area contributed by atoms with E-state index < -0.39 is 16.1 Å². The highest BCUT2D eigenvalue weighted by Crippen LogP contribution is 2.25. The van der Waals surface area contributed by atoms with Crippen LogP contribution < -0.4 is 4.72 Å². The molecule has 6 heteroatoms. The first-order valence-electron chi connectivity index (χ1n) is 6.66. The summed E-state index contributed by atoms with van der Waals surface area (Å²) >= 11 is 1.45. The van der Waals surface area contributed by atoms with E-state index in [0.717, 1.165) is 15.3 Å². The second-order valence-corrected chi connectivity index (χ2v) is 8.11. The van der Waals surface area contributed by atoms with Gasteiger partial charge in [-0.05, 0) is 31.9 Å². The smallest absolute Gasteiger partial charge is 0.242 e. The van der Waals surface area contributed by atoms with Crippen molar-refractivity contribution in [2.45, 2.75) is 31.2 Å². The Bertz CT molecular complexity index is 693. The Hall–Kier alpha value is -1.21. The molecule has 21 heavy (non-hydrogen) atoms. The summed E-state index contributed by atoms with van der Waals surface area (Å²) < 4.78 is 27.4. The molecule has 0 saturated carbocycles. The van der Waals surface area contributed by atoms with Crippen LogP contribution in [0.5, 0.6) is 0 Å². The first-order valence-corrected chi connectivity index (χ1v) is 8.96. The van der Waals surface area contributed by atoms with Gasteiger partial charge in [-0.1, -0.05) is 30.3 Å². The van der Waals surface area contributed by atoms with E-state index in [0.29, 0.717) is 11.3 Å². The second-order valence-electron chi connectivity index (χ2n) is 4.97. The lowest BCUT2D eigenvalue weighted by molar-refractivity contribution is 0.256. The third-order valence-electron chi connectivity index (χ3n) is 3.15. The van der Waals surface area contributed by atoms with Gasteiger partial charge in [0, 0.05) is 15.8 Å². The van der Waals surface area contributed by atoms with Gasteiger partial charge in [-0.3, -0.25) is 0 Å². The number of nitrogens with one attached hydrogen (secondary N) is 1. The maximum absolute atomic E-state index is 12.4. The van der Waals surface area contributed by atoms with Crippen LogP contribution in [0.15, 0.2) is 41.3 Å². The van der Waals surface area contributed by atoms with Gasteiger partial charge >= 0.3 is 0 Å². The van der Waals surface area contributed by atoms with Gasteiger partial charge < -0.3 is 5.11 Å². The fourth-order valence-electron chi connectivity index (χ4n) is 2.20. The zero-order valence-corrected chi connectivity index (χ0v) is 13.7. The average Bonchev–Trinajstić information content (AvgIpc) is 2.79. The van der Waals surface area contributed by atoms with Crippen LogP contribution in [0.2, 0.25) is 0 Å². The first kappa shape index (κ1) is 16.2. The molecular weight excluding hydrogens is 306 g/mol. The Kier molecular flexibility index (Phi) is 5.16. The lowest BCUT2D eigenvalue weighted by Gasteiger charge is -2.16. The molecule has 0 saturated heterocycles. The number of thiophene rings is 1. The maximum Gasteiger partial charge on any atom is 0.242 e. The number of rotatable bonds is 6. The van der Waals surface area contributed by atoms with Crippen molar-refractivity contribution in [3.8, 4) is 0 Å². The minimum absolute atomic E-state index is 0.240. The topological polar surface area (TPSA) is 66.4 Å². The minimum Gasteiger partial charge on any atom is -0.395 e. The molecule has 0 amide bonds. The van der Waals surface area contributed by atoms with Crippen molar-refractivity contribution in [3.05, 3.63) is 51.7 Å². The molecule has 0 aliphatic heterocycles. The van der Waals surface area contributed by atoms with Gasteiger partial charge in [0.15, 0.2) is 0 Å². The number of hydrogen-bond donors (Lipinski definition) is 2. The Labute approximate surface area is 129 Å². The molecule has 0 fully saturated rings. The van der Waals surface area contributed by atoms with Crippen molar-refractivity contribution in [1.29, 1.82) is 0 Å². The van der Waals surface area contributed by atoms with E-state index >= 15 is 0 Å². The fourth-order valence-corrected chi connectivity index (χ4v) is 4.98. The number of benzene rings is 1. The molecule has 2 N–H and O–H groups in total. The van der Waals surface area contributed by atoms with Crippen LogP contribution in [0.1, 0.15) is 15.3 Å². The van der Waals surface area contributed by atoms with Crippen LogP contribution in [-0.2, 0) is 16.4 Å². The summed E-state index contributed by atoms with van der Waals surface area (Å²) in [6.07, 6.45) is 0.457. The molecule has 4 nitrogen and oxygen atoms in total. The van der Waals surface area contributed by atoms with Crippen molar-refractivity contribution in [2.24, 2.45) is 0 Å². The molecule has 114 valence electrons. The Morgan fingerprint density at radius 3 is 2.43 bits per heavy atom. The van der Waals surface area contributed by atoms with Gasteiger partial charge in [-0.2, -0.15) is 0 Å². The zero-order chi connectivity index (χ0) is 15.5. The molecule has 2 aromatic rings. The van der Waals surface area contributed by atoms with Crippen molar-refractivity contribution < 1.29 is 13.5 Å². The van der Waals surface area contributed by atoms with Gasteiger partial charge in [-0.25, -0.2) is 13.1 Å². The van der Waals surface area contributed by atoms with Gasteiger partial charge in [-0.15, -0.1) is 11.3 Å². The number of aliphatic hydroxyl groups is 1. The highest BCUT2D eigenvalue weighted by Gasteiger charge is 2.23. The fraction of sp³-hybridized carbons (Fsp3) is 0.333. The molecule has 2 rings (SSSR count). The van der Waals surface area contributed by atoms with E-state index in [1.165, 1.54) is 11.3 Å². The van der Waals surface area contributed by atoms with Crippen LogP contribution in [0, 0.1) is 13.8 Å². The lowest BCUT2D eigenvalue weighted by Crippen LogP contribution is -2.39. The number of aryl methyl sites for hydroxylation is 2. The molecular formula is C15H19NO3S2. The maximum atomic E-state index is 12.4. The van der Waals surface area contributed by atoms with Gasteiger partial charge in [0.05, 0.1) is 11.5 Å². The normalized spacial score (nSPS) is 13.3. The summed E-state index contributed by atoms with van der Waals surface area (Å²) in [6.45, 7) is 3.43. The SMILES string of the molecule is Cc1cc(S(=O)(=O)N[C@@H](CO)Cc2ccccc2)c(C)s1. The highest BCUT2D eigenvalue weighted by molar-refractivity contribution is 7.89. The van der Waals surface area contributed by atoms with E-state index in [1.54, 1.807) is 13.0 Å². The minimum atomic E-state index is -3.60. The lowest BCUT2D eigenvalue weighted by atomic mass is 10.1. The van der Waals surface area contributed by atoms with Crippen LogP contribution >= 0.6 is 11.3 Å². The Morgan fingerprint density at radius 1 is 1.24 bits per heavy atom. The van der Waals surface area contributed by atoms with Crippen LogP contribution in [0.25, 0.3) is 0 Å². The van der Waals surface area contributed by atoms with Crippen molar-refractivity contribution in [1.82, 2.24) is 4.72 Å². The standard InChI is InChI=1S/C15H19NO3S2/c1-11-8-15(12(2)20-11)21(18,19)16-14(10-17)9-13-6-4-3-5-7-13/h3-8,14,16-17H,9-10H2,1-2H3/t14-/m1/s1. The van der Waals surface area contributed by atoms with Crippen LogP contribution in [0.4, 0.5) is 0 Å². The van der Waals surface area contributed by atoms with E-state index in [1.807, 2.05) is 37.3 Å². The summed E-state index contributed by atoms with van der Waals surface area (Å²) in [5.74, 6) is 0. The second kappa shape index (κ2) is 6.70. The van der Waals surface area contributed by atoms with Crippen molar-refractivity contribution in [2.75, 3.05) is 6.61 Å². The molecule has 1 heterocycles. The third-order valence-corrected chi connectivity index (χ3v) is 5.89. The van der Waals surface area contributed by atoms with E-state index in [2.05, 4.69) is 4.72 Å². The van der Waals surface area contributed by atoms with E-state index in [4.69, 9.17) is 0 Å². The molecule has 1 aromatic heterocycles. The van der Waals surface area contributed by atoms with Crippen molar-refractivity contribution >= 4 is 21.4 Å². The molecule has 0 radical (unpaired) electrons. The number of hydrogen-bond acceptors (Lipinski definition) is 4. The molecule has 1 atom stereocenters. The van der Waals surface area contributed by atoms with Gasteiger partial charge in [0.1, 0.15) is 0 Å². The summed E-state index contributed by atoms with van der Waals surface area (Å²) in [6, 6.07) is 10.7. The Morgan fingerprint density at radius 2 is 1.90 bits per heavy atom. The average molecular weight is 325 g/mol. The van der Waals surface area contributed by atoms with Crippen LogP contribution in [-0.4, -0.2) is 26.2 Å². The number of sulfonamides is 1. The van der Waals surface area contributed by atoms with E-state index in [-0.39, 0.29) is 6.61 Å². The monoisotopic (exact) mass is 325 g/mol. The first-order chi connectivity index (χ1) is 9.92. The quantitative estimate of drug-likeness (QED) is 0.856. The molecule has 0 bridgehead atoms. The summed E-state index contributed by atoms with van der Waals surface area (Å²) in [4.78, 5) is 2.02. The summed E-state index contributed by atoms with van der Waals surface area (Å²) in [5.41, 5.74) is 0.984. The highest BCUT2D eigenvalue weighted by atomic mass is 32.2. The van der Waals surface area contributed by atoms with Gasteiger partial charge in [0.25, 0.3) is 0 Å². The zero-order valence-electron chi connectivity index (χ0n) is 12.0.